The number of nitrogens with one attached hydrogen (secondary N) is 2. The fourth-order valence-electron chi connectivity index (χ4n) is 1.43. The first-order valence-electron chi connectivity index (χ1n) is 5.74. The van der Waals surface area contributed by atoms with Gasteiger partial charge in [0.05, 0.1) is 12.1 Å². The molecule has 6 N–H and O–H groups in total. The Labute approximate surface area is 106 Å². The Hall–Kier alpha value is -2.24. The standard InChI is InChI=1S/C12H18N4O2/c1-2-5-15-11(17)7-16-10-6-8(13)3-4-9(10)12(14)18/h3-4,6,16H,2,5,7,13H2,1H3,(H2,14,18)(H,15,17). The highest BCUT2D eigenvalue weighted by atomic mass is 16.2. The van der Waals surface area contributed by atoms with E-state index in [2.05, 4.69) is 10.6 Å². The molecule has 0 bridgehead atoms. The first-order valence-corrected chi connectivity index (χ1v) is 5.74. The topological polar surface area (TPSA) is 110 Å². The Morgan fingerprint density at radius 2 is 2.06 bits per heavy atom. The van der Waals surface area contributed by atoms with Crippen molar-refractivity contribution in [3.63, 3.8) is 0 Å². The zero-order valence-corrected chi connectivity index (χ0v) is 10.3. The van der Waals surface area contributed by atoms with Crippen molar-refractivity contribution >= 4 is 23.2 Å². The molecule has 6 nitrogen and oxygen atoms in total. The normalized spacial score (nSPS) is 9.83. The Bertz CT molecular complexity index is 446. The van der Waals surface area contributed by atoms with Crippen LogP contribution in [0.3, 0.4) is 0 Å². The predicted molar refractivity (Wildman–Crippen MR) is 71.2 cm³/mol. The minimum atomic E-state index is -0.563. The highest BCUT2D eigenvalue weighted by Crippen LogP contribution is 2.18. The molecule has 2 amide bonds. The largest absolute Gasteiger partial charge is 0.399 e. The van der Waals surface area contributed by atoms with Crippen LogP contribution in [0.25, 0.3) is 0 Å². The lowest BCUT2D eigenvalue weighted by Crippen LogP contribution is -2.30. The monoisotopic (exact) mass is 250 g/mol. The summed E-state index contributed by atoms with van der Waals surface area (Å²) in [5.74, 6) is -0.707. The molecule has 0 aliphatic heterocycles. The highest BCUT2D eigenvalue weighted by Gasteiger charge is 2.09. The second-order valence-corrected chi connectivity index (χ2v) is 3.87. The third-order valence-corrected chi connectivity index (χ3v) is 2.32. The van der Waals surface area contributed by atoms with Crippen molar-refractivity contribution < 1.29 is 9.59 Å². The van der Waals surface area contributed by atoms with Crippen LogP contribution in [0.1, 0.15) is 23.7 Å². The number of nitrogen functional groups attached to an aromatic ring is 1. The summed E-state index contributed by atoms with van der Waals surface area (Å²) >= 11 is 0. The van der Waals surface area contributed by atoms with E-state index in [0.29, 0.717) is 23.5 Å². The van der Waals surface area contributed by atoms with E-state index < -0.39 is 5.91 Å². The molecule has 0 heterocycles. The molecule has 0 radical (unpaired) electrons. The Morgan fingerprint density at radius 3 is 2.67 bits per heavy atom. The molecule has 0 aliphatic rings. The number of benzene rings is 1. The fourth-order valence-corrected chi connectivity index (χ4v) is 1.43. The van der Waals surface area contributed by atoms with Crippen LogP contribution in [0.5, 0.6) is 0 Å². The van der Waals surface area contributed by atoms with Gasteiger partial charge < -0.3 is 22.1 Å². The third kappa shape index (κ3) is 3.97. The lowest BCUT2D eigenvalue weighted by atomic mass is 10.1. The van der Waals surface area contributed by atoms with Gasteiger partial charge in [0.1, 0.15) is 0 Å². The van der Waals surface area contributed by atoms with Crippen LogP contribution in [0.15, 0.2) is 18.2 Å². The van der Waals surface area contributed by atoms with E-state index >= 15 is 0 Å². The minimum absolute atomic E-state index is 0.0731. The van der Waals surface area contributed by atoms with Gasteiger partial charge in [0.25, 0.3) is 5.91 Å². The third-order valence-electron chi connectivity index (χ3n) is 2.32. The van der Waals surface area contributed by atoms with Crippen molar-refractivity contribution in [1.29, 1.82) is 0 Å². The Morgan fingerprint density at radius 1 is 1.33 bits per heavy atom. The van der Waals surface area contributed by atoms with Crippen molar-refractivity contribution in [3.8, 4) is 0 Å². The molecule has 0 spiro atoms. The molecule has 0 unspecified atom stereocenters. The number of carbonyl (C=O) groups excluding carboxylic acids is 2. The van der Waals surface area contributed by atoms with Crippen molar-refractivity contribution in [2.75, 3.05) is 24.1 Å². The van der Waals surface area contributed by atoms with E-state index in [1.165, 1.54) is 6.07 Å². The lowest BCUT2D eigenvalue weighted by Gasteiger charge is -2.11. The summed E-state index contributed by atoms with van der Waals surface area (Å²) < 4.78 is 0. The predicted octanol–water partition coefficient (Wildman–Crippen LogP) is 0.306. The quantitative estimate of drug-likeness (QED) is 0.544. The van der Waals surface area contributed by atoms with Gasteiger partial charge >= 0.3 is 0 Å². The summed E-state index contributed by atoms with van der Waals surface area (Å²) in [4.78, 5) is 22.6. The molecule has 0 fully saturated rings. The maximum Gasteiger partial charge on any atom is 0.250 e. The van der Waals surface area contributed by atoms with Gasteiger partial charge in [-0.05, 0) is 24.6 Å². The average Bonchev–Trinajstić information content (AvgIpc) is 2.33. The van der Waals surface area contributed by atoms with Gasteiger partial charge in [-0.3, -0.25) is 9.59 Å². The van der Waals surface area contributed by atoms with Crippen LogP contribution < -0.4 is 22.1 Å². The number of primary amides is 1. The SMILES string of the molecule is CCCNC(=O)CNc1cc(N)ccc1C(N)=O. The molecule has 0 atom stereocenters. The van der Waals surface area contributed by atoms with E-state index in [1.807, 2.05) is 6.92 Å². The molecular formula is C12H18N4O2. The molecule has 1 aromatic carbocycles. The summed E-state index contributed by atoms with van der Waals surface area (Å²) in [7, 11) is 0. The van der Waals surface area contributed by atoms with Crippen molar-refractivity contribution in [3.05, 3.63) is 23.8 Å². The second kappa shape index (κ2) is 6.48. The van der Waals surface area contributed by atoms with Gasteiger partial charge in [-0.2, -0.15) is 0 Å². The second-order valence-electron chi connectivity index (χ2n) is 3.87. The Balaban J connectivity index is 2.68. The fraction of sp³-hybridized carbons (Fsp3) is 0.333. The van der Waals surface area contributed by atoms with Crippen LogP contribution in [-0.4, -0.2) is 24.9 Å². The van der Waals surface area contributed by atoms with E-state index in [0.717, 1.165) is 6.42 Å². The molecule has 1 aromatic rings. The number of carbonyl (C=O) groups is 2. The number of hydrogen-bond acceptors (Lipinski definition) is 4. The van der Waals surface area contributed by atoms with Crippen LogP contribution in [0.4, 0.5) is 11.4 Å². The van der Waals surface area contributed by atoms with Crippen LogP contribution in [0.2, 0.25) is 0 Å². The van der Waals surface area contributed by atoms with E-state index in [1.54, 1.807) is 12.1 Å². The summed E-state index contributed by atoms with van der Waals surface area (Å²) in [6.45, 7) is 2.67. The zero-order chi connectivity index (χ0) is 13.5. The van der Waals surface area contributed by atoms with Crippen molar-refractivity contribution in [2.45, 2.75) is 13.3 Å². The van der Waals surface area contributed by atoms with Gasteiger partial charge in [-0.15, -0.1) is 0 Å². The average molecular weight is 250 g/mol. The van der Waals surface area contributed by atoms with Crippen LogP contribution >= 0.6 is 0 Å². The smallest absolute Gasteiger partial charge is 0.250 e. The van der Waals surface area contributed by atoms with Gasteiger partial charge in [0.15, 0.2) is 0 Å². The number of nitrogens with two attached hydrogens (primary N) is 2. The maximum atomic E-state index is 11.4. The van der Waals surface area contributed by atoms with Crippen LogP contribution in [0, 0.1) is 0 Å². The summed E-state index contributed by atoms with van der Waals surface area (Å²) in [6.07, 6.45) is 0.872. The number of hydrogen-bond donors (Lipinski definition) is 4. The molecule has 0 aromatic heterocycles. The summed E-state index contributed by atoms with van der Waals surface area (Å²) in [5, 5.41) is 5.57. The maximum absolute atomic E-state index is 11.4. The van der Waals surface area contributed by atoms with Crippen molar-refractivity contribution in [1.82, 2.24) is 5.32 Å². The van der Waals surface area contributed by atoms with E-state index in [-0.39, 0.29) is 12.5 Å². The molecule has 0 saturated heterocycles. The Kier molecular flexibility index (Phi) is 4.98. The van der Waals surface area contributed by atoms with E-state index in [4.69, 9.17) is 11.5 Å². The molecule has 18 heavy (non-hydrogen) atoms. The molecule has 6 heteroatoms. The van der Waals surface area contributed by atoms with Gasteiger partial charge in [-0.25, -0.2) is 0 Å². The molecular weight excluding hydrogens is 232 g/mol. The van der Waals surface area contributed by atoms with Gasteiger partial charge in [0.2, 0.25) is 5.91 Å². The number of amides is 2. The van der Waals surface area contributed by atoms with Crippen LogP contribution in [-0.2, 0) is 4.79 Å². The minimum Gasteiger partial charge on any atom is -0.399 e. The molecule has 1 rings (SSSR count). The lowest BCUT2D eigenvalue weighted by molar-refractivity contribution is -0.119. The zero-order valence-electron chi connectivity index (χ0n) is 10.3. The number of anilines is 2. The van der Waals surface area contributed by atoms with Gasteiger partial charge in [-0.1, -0.05) is 6.92 Å². The first kappa shape index (κ1) is 13.8. The molecule has 98 valence electrons. The van der Waals surface area contributed by atoms with Crippen molar-refractivity contribution in [2.24, 2.45) is 5.73 Å². The number of rotatable bonds is 6. The highest BCUT2D eigenvalue weighted by molar-refractivity contribution is 5.99. The summed E-state index contributed by atoms with van der Waals surface area (Å²) in [6, 6.07) is 4.69. The first-order chi connectivity index (χ1) is 8.54. The van der Waals surface area contributed by atoms with E-state index in [9.17, 15) is 9.59 Å². The van der Waals surface area contributed by atoms with Gasteiger partial charge in [0, 0.05) is 17.9 Å². The summed E-state index contributed by atoms with van der Waals surface area (Å²) in [5.41, 5.74) is 12.1. The molecule has 0 saturated carbocycles. The molecule has 0 aliphatic carbocycles.